The summed E-state index contributed by atoms with van der Waals surface area (Å²) in [6.07, 6.45) is 0. The SMILES string of the molecule is CCN(CC)CCOc1c(I)cc(C(=O)O)cc1I.CCN(CC)CCOc1c(I)cc(C(=O)OC)cc1I. The molecule has 0 aromatic heterocycles. The van der Waals surface area contributed by atoms with Crippen LogP contribution in [-0.2, 0) is 4.74 Å². The normalized spacial score (nSPS) is 10.7. The molecule has 0 heterocycles. The molecule has 0 amide bonds. The van der Waals surface area contributed by atoms with Crippen LogP contribution in [0.3, 0.4) is 0 Å². The number of benzene rings is 2. The molecule has 0 saturated carbocycles. The number of hydrogen-bond donors (Lipinski definition) is 1. The van der Waals surface area contributed by atoms with E-state index in [4.69, 9.17) is 19.3 Å². The number of esters is 1. The number of carboxylic acids is 1. The molecule has 218 valence electrons. The zero-order valence-electron chi connectivity index (χ0n) is 22.9. The monoisotopic (exact) mass is 992 g/mol. The quantitative estimate of drug-likeness (QED) is 0.165. The molecule has 39 heavy (non-hydrogen) atoms. The van der Waals surface area contributed by atoms with Gasteiger partial charge in [-0.3, -0.25) is 0 Å². The van der Waals surface area contributed by atoms with Crippen molar-refractivity contribution in [1.29, 1.82) is 0 Å². The summed E-state index contributed by atoms with van der Waals surface area (Å²) < 4.78 is 19.9. The number of hydrogen-bond acceptors (Lipinski definition) is 7. The van der Waals surface area contributed by atoms with E-state index in [1.54, 1.807) is 24.3 Å². The molecule has 8 nitrogen and oxygen atoms in total. The van der Waals surface area contributed by atoms with E-state index in [2.05, 4.69) is 128 Å². The first-order valence-corrected chi connectivity index (χ1v) is 16.8. The first-order valence-electron chi connectivity index (χ1n) is 12.5. The molecule has 0 unspecified atom stereocenters. The number of carbonyl (C=O) groups is 2. The highest BCUT2D eigenvalue weighted by atomic mass is 127. The van der Waals surface area contributed by atoms with Crippen LogP contribution in [0.5, 0.6) is 11.5 Å². The first-order chi connectivity index (χ1) is 18.5. The second-order valence-corrected chi connectivity index (χ2v) is 12.7. The molecular formula is C27H36I4N2O6. The second kappa shape index (κ2) is 19.9. The molecule has 0 bridgehead atoms. The van der Waals surface area contributed by atoms with Gasteiger partial charge in [0.05, 0.1) is 32.5 Å². The molecule has 2 aromatic carbocycles. The van der Waals surface area contributed by atoms with E-state index in [9.17, 15) is 9.59 Å². The predicted octanol–water partition coefficient (Wildman–Crippen LogP) is 6.72. The number of carboxylic acid groups (broad SMARTS) is 1. The molecule has 2 rings (SSSR count). The minimum atomic E-state index is -0.912. The van der Waals surface area contributed by atoms with E-state index in [-0.39, 0.29) is 5.97 Å². The Morgan fingerprint density at radius 2 is 1.03 bits per heavy atom. The maximum atomic E-state index is 11.5. The number of nitrogens with zero attached hydrogens (tertiary/aromatic N) is 2. The van der Waals surface area contributed by atoms with E-state index in [1.165, 1.54) is 7.11 Å². The summed E-state index contributed by atoms with van der Waals surface area (Å²) in [4.78, 5) is 27.1. The van der Waals surface area contributed by atoms with Gasteiger partial charge in [0, 0.05) is 13.1 Å². The smallest absolute Gasteiger partial charge is 0.337 e. The maximum absolute atomic E-state index is 11.5. The number of halogens is 4. The third-order valence-electron chi connectivity index (χ3n) is 5.76. The van der Waals surface area contributed by atoms with Crippen molar-refractivity contribution < 1.29 is 28.9 Å². The summed E-state index contributed by atoms with van der Waals surface area (Å²) in [5.41, 5.74) is 0.849. The van der Waals surface area contributed by atoms with E-state index in [0.29, 0.717) is 24.3 Å². The van der Waals surface area contributed by atoms with Crippen LogP contribution >= 0.6 is 90.4 Å². The highest BCUT2D eigenvalue weighted by molar-refractivity contribution is 14.1. The van der Waals surface area contributed by atoms with Crippen LogP contribution in [-0.4, -0.2) is 86.4 Å². The highest BCUT2D eigenvalue weighted by Gasteiger charge is 2.15. The van der Waals surface area contributed by atoms with Gasteiger partial charge >= 0.3 is 11.9 Å². The largest absolute Gasteiger partial charge is 0.490 e. The molecule has 0 aliphatic heterocycles. The molecule has 1 N–H and O–H groups in total. The van der Waals surface area contributed by atoms with Crippen molar-refractivity contribution in [2.24, 2.45) is 0 Å². The first kappa shape index (κ1) is 36.8. The molecule has 0 radical (unpaired) electrons. The molecule has 0 fully saturated rings. The topological polar surface area (TPSA) is 88.5 Å². The number of aromatic carboxylic acids is 1. The van der Waals surface area contributed by atoms with Gasteiger partial charge in [-0.1, -0.05) is 27.7 Å². The molecule has 12 heteroatoms. The summed E-state index contributed by atoms with van der Waals surface area (Å²) >= 11 is 8.60. The Morgan fingerprint density at radius 1 is 0.692 bits per heavy atom. The Morgan fingerprint density at radius 3 is 1.31 bits per heavy atom. The van der Waals surface area contributed by atoms with E-state index < -0.39 is 5.97 Å². The summed E-state index contributed by atoms with van der Waals surface area (Å²) in [6.45, 7) is 15.6. The van der Waals surface area contributed by atoms with Crippen molar-refractivity contribution >= 4 is 102 Å². The van der Waals surface area contributed by atoms with Gasteiger partial charge in [0.15, 0.2) is 0 Å². The van der Waals surface area contributed by atoms with Crippen LogP contribution < -0.4 is 9.47 Å². The van der Waals surface area contributed by atoms with Crippen molar-refractivity contribution in [3.63, 3.8) is 0 Å². The lowest BCUT2D eigenvalue weighted by molar-refractivity contribution is 0.0599. The van der Waals surface area contributed by atoms with Crippen molar-refractivity contribution in [2.75, 3.05) is 59.6 Å². The molecule has 0 atom stereocenters. The summed E-state index contributed by atoms with van der Waals surface area (Å²) in [5, 5.41) is 8.98. The standard InChI is InChI=1S/C14H19I2NO3.C13H17I2NO3/c1-4-17(5-2)6-7-20-13-11(15)8-10(9-12(13)16)14(18)19-3;1-3-16(4-2)5-6-19-12-10(14)7-9(13(17)18)8-11(12)15/h8-9H,4-7H2,1-3H3;7-8H,3-6H2,1-2H3,(H,17,18). The highest BCUT2D eigenvalue weighted by Crippen LogP contribution is 2.30. The number of methoxy groups -OCH3 is 1. The van der Waals surface area contributed by atoms with Crippen molar-refractivity contribution in [3.8, 4) is 11.5 Å². The number of rotatable bonds is 14. The zero-order chi connectivity index (χ0) is 29.5. The van der Waals surface area contributed by atoms with Gasteiger partial charge in [-0.25, -0.2) is 9.59 Å². The van der Waals surface area contributed by atoms with Gasteiger partial charge in [-0.05, 0) is 141 Å². The van der Waals surface area contributed by atoms with E-state index in [0.717, 1.165) is 65.0 Å². The van der Waals surface area contributed by atoms with Gasteiger partial charge in [0.1, 0.15) is 24.7 Å². The maximum Gasteiger partial charge on any atom is 0.337 e. The van der Waals surface area contributed by atoms with Crippen LogP contribution in [0.2, 0.25) is 0 Å². The molecule has 0 spiro atoms. The van der Waals surface area contributed by atoms with E-state index >= 15 is 0 Å². The van der Waals surface area contributed by atoms with Crippen LogP contribution in [0.15, 0.2) is 24.3 Å². The minimum Gasteiger partial charge on any atom is -0.490 e. The van der Waals surface area contributed by atoms with E-state index in [1.807, 2.05) is 0 Å². The molecular weight excluding hydrogens is 956 g/mol. The van der Waals surface area contributed by atoms with Crippen LogP contribution in [0.1, 0.15) is 48.4 Å². The van der Waals surface area contributed by atoms with Crippen LogP contribution in [0.25, 0.3) is 0 Å². The van der Waals surface area contributed by atoms with Crippen molar-refractivity contribution in [3.05, 3.63) is 49.7 Å². The number of ether oxygens (including phenoxy) is 3. The molecule has 0 aliphatic rings. The van der Waals surface area contributed by atoms with Gasteiger partial charge < -0.3 is 29.1 Å². The lowest BCUT2D eigenvalue weighted by atomic mass is 10.2. The fourth-order valence-electron chi connectivity index (χ4n) is 3.39. The van der Waals surface area contributed by atoms with Crippen LogP contribution in [0.4, 0.5) is 0 Å². The van der Waals surface area contributed by atoms with Crippen LogP contribution in [0, 0.1) is 14.3 Å². The number of carbonyl (C=O) groups excluding carboxylic acids is 1. The van der Waals surface area contributed by atoms with Crippen molar-refractivity contribution in [1.82, 2.24) is 9.80 Å². The van der Waals surface area contributed by atoms with Crippen molar-refractivity contribution in [2.45, 2.75) is 27.7 Å². The Hall–Kier alpha value is -0.180. The predicted molar refractivity (Wildman–Crippen MR) is 189 cm³/mol. The fourth-order valence-corrected chi connectivity index (χ4v) is 7.55. The van der Waals surface area contributed by atoms with Gasteiger partial charge in [0.25, 0.3) is 0 Å². The Balaban J connectivity index is 0.000000391. The average molecular weight is 992 g/mol. The Labute approximate surface area is 286 Å². The summed E-state index contributed by atoms with van der Waals surface area (Å²) in [6, 6.07) is 6.86. The summed E-state index contributed by atoms with van der Waals surface area (Å²) in [7, 11) is 1.39. The van der Waals surface area contributed by atoms with Gasteiger partial charge in [-0.15, -0.1) is 0 Å². The second-order valence-electron chi connectivity index (χ2n) is 8.09. The third-order valence-corrected chi connectivity index (χ3v) is 8.97. The Bertz CT molecular complexity index is 1030. The minimum absolute atomic E-state index is 0.296. The zero-order valence-corrected chi connectivity index (χ0v) is 31.5. The summed E-state index contributed by atoms with van der Waals surface area (Å²) in [5.74, 6) is 0.380. The van der Waals surface area contributed by atoms with Gasteiger partial charge in [0.2, 0.25) is 0 Å². The average Bonchev–Trinajstić information content (AvgIpc) is 2.91. The molecule has 2 aromatic rings. The lowest BCUT2D eigenvalue weighted by Gasteiger charge is -2.19. The third kappa shape index (κ3) is 12.7. The fraction of sp³-hybridized carbons (Fsp3) is 0.481. The lowest BCUT2D eigenvalue weighted by Crippen LogP contribution is -2.28. The molecule has 0 saturated heterocycles. The Kier molecular flexibility index (Phi) is 18.8. The van der Waals surface area contributed by atoms with Gasteiger partial charge in [-0.2, -0.15) is 0 Å². The molecule has 0 aliphatic carbocycles. The number of likely N-dealkylation sites (N-methyl/N-ethyl adjacent to an activating group) is 2.